The Kier molecular flexibility index (Phi) is 2.92. The Labute approximate surface area is 109 Å². The molecule has 0 spiro atoms. The first kappa shape index (κ1) is 11.5. The maximum atomic E-state index is 3.75. The summed E-state index contributed by atoms with van der Waals surface area (Å²) < 4.78 is 0. The van der Waals surface area contributed by atoms with Crippen LogP contribution >= 0.6 is 0 Å². The predicted octanol–water partition coefficient (Wildman–Crippen LogP) is 3.49. The highest BCUT2D eigenvalue weighted by molar-refractivity contribution is 5.44. The van der Waals surface area contributed by atoms with E-state index in [1.807, 2.05) is 0 Å². The minimum atomic E-state index is -0.00387. The Morgan fingerprint density at radius 3 is 2.50 bits per heavy atom. The normalized spacial score (nSPS) is 22.5. The van der Waals surface area contributed by atoms with E-state index in [1.165, 1.54) is 16.7 Å². The zero-order chi connectivity index (χ0) is 12.4. The van der Waals surface area contributed by atoms with Gasteiger partial charge in [-0.15, -0.1) is 0 Å². The lowest BCUT2D eigenvalue weighted by Crippen LogP contribution is -2.47. The molecule has 92 valence electrons. The second-order valence-electron chi connectivity index (χ2n) is 4.96. The fourth-order valence-corrected chi connectivity index (χ4v) is 3.16. The SMILES string of the molecule is CC[C@@]1(c2ccccc2)NCCc2ccccc21. The van der Waals surface area contributed by atoms with Crippen molar-refractivity contribution in [2.24, 2.45) is 0 Å². The van der Waals surface area contributed by atoms with Gasteiger partial charge >= 0.3 is 0 Å². The van der Waals surface area contributed by atoms with Crippen LogP contribution in [0.5, 0.6) is 0 Å². The zero-order valence-electron chi connectivity index (χ0n) is 10.8. The summed E-state index contributed by atoms with van der Waals surface area (Å²) in [4.78, 5) is 0. The lowest BCUT2D eigenvalue weighted by Gasteiger charge is -2.40. The highest BCUT2D eigenvalue weighted by atomic mass is 15.0. The van der Waals surface area contributed by atoms with Crippen molar-refractivity contribution in [2.45, 2.75) is 25.3 Å². The maximum Gasteiger partial charge on any atom is 0.0690 e. The van der Waals surface area contributed by atoms with E-state index in [2.05, 4.69) is 66.8 Å². The van der Waals surface area contributed by atoms with E-state index in [4.69, 9.17) is 0 Å². The monoisotopic (exact) mass is 237 g/mol. The number of nitrogens with one attached hydrogen (secondary N) is 1. The number of hydrogen-bond acceptors (Lipinski definition) is 1. The minimum absolute atomic E-state index is 0.00387. The molecule has 0 fully saturated rings. The van der Waals surface area contributed by atoms with Gasteiger partial charge in [0.2, 0.25) is 0 Å². The molecule has 0 unspecified atom stereocenters. The summed E-state index contributed by atoms with van der Waals surface area (Å²) >= 11 is 0. The van der Waals surface area contributed by atoms with Crippen molar-refractivity contribution in [3.63, 3.8) is 0 Å². The fraction of sp³-hybridized carbons (Fsp3) is 0.294. The van der Waals surface area contributed by atoms with Crippen LogP contribution in [0.3, 0.4) is 0 Å². The molecule has 0 bridgehead atoms. The molecule has 0 saturated heterocycles. The Balaban J connectivity index is 2.19. The molecule has 1 heterocycles. The van der Waals surface area contributed by atoms with Gasteiger partial charge in [-0.05, 0) is 29.5 Å². The summed E-state index contributed by atoms with van der Waals surface area (Å²) in [5.41, 5.74) is 4.31. The number of benzene rings is 2. The van der Waals surface area contributed by atoms with Crippen LogP contribution in [-0.2, 0) is 12.0 Å². The summed E-state index contributed by atoms with van der Waals surface area (Å²) in [6.45, 7) is 3.32. The molecule has 1 atom stereocenters. The molecule has 0 aliphatic carbocycles. The molecule has 2 aromatic rings. The van der Waals surface area contributed by atoms with Crippen LogP contribution in [0.1, 0.15) is 30.0 Å². The van der Waals surface area contributed by atoms with Crippen molar-refractivity contribution < 1.29 is 0 Å². The van der Waals surface area contributed by atoms with Crippen LogP contribution in [0.4, 0.5) is 0 Å². The smallest absolute Gasteiger partial charge is 0.0690 e. The lowest BCUT2D eigenvalue weighted by atomic mass is 9.75. The summed E-state index contributed by atoms with van der Waals surface area (Å²) in [5.74, 6) is 0. The molecule has 18 heavy (non-hydrogen) atoms. The molecular weight excluding hydrogens is 218 g/mol. The first-order valence-corrected chi connectivity index (χ1v) is 6.76. The van der Waals surface area contributed by atoms with Gasteiger partial charge in [-0.2, -0.15) is 0 Å². The quantitative estimate of drug-likeness (QED) is 0.843. The van der Waals surface area contributed by atoms with Gasteiger partial charge in [0.1, 0.15) is 0 Å². The molecule has 1 N–H and O–H groups in total. The Hall–Kier alpha value is -1.60. The van der Waals surface area contributed by atoms with Gasteiger partial charge in [0.15, 0.2) is 0 Å². The van der Waals surface area contributed by atoms with Crippen molar-refractivity contribution in [1.29, 1.82) is 0 Å². The fourth-order valence-electron chi connectivity index (χ4n) is 3.16. The van der Waals surface area contributed by atoms with Crippen LogP contribution < -0.4 is 5.32 Å². The molecule has 1 aliphatic rings. The Morgan fingerprint density at radius 1 is 1.00 bits per heavy atom. The van der Waals surface area contributed by atoms with E-state index in [-0.39, 0.29) is 5.54 Å². The third-order valence-corrected chi connectivity index (χ3v) is 4.10. The molecule has 2 aromatic carbocycles. The molecule has 1 nitrogen and oxygen atoms in total. The summed E-state index contributed by atoms with van der Waals surface area (Å²) in [7, 11) is 0. The first-order valence-electron chi connectivity index (χ1n) is 6.76. The maximum absolute atomic E-state index is 3.75. The van der Waals surface area contributed by atoms with Crippen LogP contribution in [-0.4, -0.2) is 6.54 Å². The van der Waals surface area contributed by atoms with Crippen molar-refractivity contribution in [1.82, 2.24) is 5.32 Å². The van der Waals surface area contributed by atoms with Gasteiger partial charge in [0, 0.05) is 6.54 Å². The molecule has 3 rings (SSSR count). The molecule has 1 aliphatic heterocycles. The molecule has 0 saturated carbocycles. The van der Waals surface area contributed by atoms with Crippen molar-refractivity contribution >= 4 is 0 Å². The molecule has 0 radical (unpaired) electrons. The largest absolute Gasteiger partial charge is 0.303 e. The molecule has 0 aromatic heterocycles. The van der Waals surface area contributed by atoms with E-state index < -0.39 is 0 Å². The second kappa shape index (κ2) is 4.58. The van der Waals surface area contributed by atoms with E-state index in [0.29, 0.717) is 0 Å². The molecule has 0 amide bonds. The Bertz CT molecular complexity index is 532. The van der Waals surface area contributed by atoms with Crippen molar-refractivity contribution in [2.75, 3.05) is 6.54 Å². The van der Waals surface area contributed by atoms with Gasteiger partial charge in [-0.25, -0.2) is 0 Å². The van der Waals surface area contributed by atoms with Crippen LogP contribution in [0.2, 0.25) is 0 Å². The van der Waals surface area contributed by atoms with Gasteiger partial charge in [-0.1, -0.05) is 61.5 Å². The highest BCUT2D eigenvalue weighted by Crippen LogP contribution is 2.37. The van der Waals surface area contributed by atoms with Crippen molar-refractivity contribution in [3.05, 3.63) is 71.3 Å². The highest BCUT2D eigenvalue weighted by Gasteiger charge is 2.35. The van der Waals surface area contributed by atoms with E-state index >= 15 is 0 Å². The van der Waals surface area contributed by atoms with E-state index in [9.17, 15) is 0 Å². The lowest BCUT2D eigenvalue weighted by molar-refractivity contribution is 0.367. The first-order chi connectivity index (χ1) is 8.87. The summed E-state index contributed by atoms with van der Waals surface area (Å²) in [6, 6.07) is 19.7. The van der Waals surface area contributed by atoms with Crippen LogP contribution in [0, 0.1) is 0 Å². The standard InChI is InChI=1S/C17H19N/c1-2-17(15-9-4-3-5-10-15)16-11-7-6-8-14(16)12-13-18-17/h3-11,18H,2,12-13H2,1H3/t17-/m0/s1. The van der Waals surface area contributed by atoms with E-state index in [1.54, 1.807) is 0 Å². The van der Waals surface area contributed by atoms with Gasteiger partial charge < -0.3 is 5.32 Å². The number of fused-ring (bicyclic) bond motifs is 1. The summed E-state index contributed by atoms with van der Waals surface area (Å²) in [5, 5.41) is 3.75. The van der Waals surface area contributed by atoms with Crippen LogP contribution in [0.25, 0.3) is 0 Å². The minimum Gasteiger partial charge on any atom is -0.303 e. The number of hydrogen-bond donors (Lipinski definition) is 1. The third kappa shape index (κ3) is 1.67. The Morgan fingerprint density at radius 2 is 1.72 bits per heavy atom. The van der Waals surface area contributed by atoms with Crippen LogP contribution in [0.15, 0.2) is 54.6 Å². The average molecular weight is 237 g/mol. The van der Waals surface area contributed by atoms with Crippen molar-refractivity contribution in [3.8, 4) is 0 Å². The molecular formula is C17H19N. The number of rotatable bonds is 2. The summed E-state index contributed by atoms with van der Waals surface area (Å²) in [6.07, 6.45) is 2.21. The van der Waals surface area contributed by atoms with E-state index in [0.717, 1.165) is 19.4 Å². The molecule has 1 heteroatoms. The second-order valence-corrected chi connectivity index (χ2v) is 4.96. The van der Waals surface area contributed by atoms with Gasteiger partial charge in [-0.3, -0.25) is 0 Å². The predicted molar refractivity (Wildman–Crippen MR) is 75.7 cm³/mol. The van der Waals surface area contributed by atoms with Gasteiger partial charge in [0.05, 0.1) is 5.54 Å². The average Bonchev–Trinajstić information content (AvgIpc) is 2.47. The zero-order valence-corrected chi connectivity index (χ0v) is 10.8. The third-order valence-electron chi connectivity index (χ3n) is 4.10. The topological polar surface area (TPSA) is 12.0 Å². The van der Waals surface area contributed by atoms with Gasteiger partial charge in [0.25, 0.3) is 0 Å².